The minimum Gasteiger partial charge on any atom is -0.497 e. The van der Waals surface area contributed by atoms with E-state index in [9.17, 15) is 4.79 Å². The molecule has 6 nitrogen and oxygen atoms in total. The number of nitrogens with one attached hydrogen (secondary N) is 2. The Morgan fingerprint density at radius 1 is 1.09 bits per heavy atom. The fourth-order valence-electron chi connectivity index (χ4n) is 5.11. The number of aromatic amines is 1. The molecule has 2 aromatic carbocycles. The zero-order chi connectivity index (χ0) is 23.9. The summed E-state index contributed by atoms with van der Waals surface area (Å²) in [4.78, 5) is 19.1. The lowest BCUT2D eigenvalue weighted by atomic mass is 9.87. The third kappa shape index (κ3) is 5.39. The first-order valence-electron chi connectivity index (χ1n) is 12.4. The van der Waals surface area contributed by atoms with E-state index in [4.69, 9.17) is 9.47 Å². The summed E-state index contributed by atoms with van der Waals surface area (Å²) in [6.45, 7) is 6.02. The molecule has 1 aliphatic heterocycles. The van der Waals surface area contributed by atoms with Crippen LogP contribution in [0, 0.1) is 0 Å². The molecule has 1 fully saturated rings. The number of amides is 1. The number of fused-ring (bicyclic) bond motifs is 1. The van der Waals surface area contributed by atoms with Crippen molar-refractivity contribution in [3.63, 3.8) is 0 Å². The Kier molecular flexibility index (Phi) is 8.12. The smallest absolute Gasteiger partial charge is 0.220 e. The first kappa shape index (κ1) is 24.1. The van der Waals surface area contributed by atoms with Gasteiger partial charge in [-0.05, 0) is 49.5 Å². The van der Waals surface area contributed by atoms with Gasteiger partial charge in [-0.3, -0.25) is 4.79 Å². The maximum Gasteiger partial charge on any atom is 0.220 e. The number of hydrogen-bond acceptors (Lipinski definition) is 4. The Hall–Kier alpha value is -2.99. The second-order valence-corrected chi connectivity index (χ2v) is 9.05. The van der Waals surface area contributed by atoms with E-state index < -0.39 is 0 Å². The van der Waals surface area contributed by atoms with Gasteiger partial charge >= 0.3 is 0 Å². The first-order valence-corrected chi connectivity index (χ1v) is 12.4. The van der Waals surface area contributed by atoms with Gasteiger partial charge in [0.05, 0.1) is 14.2 Å². The van der Waals surface area contributed by atoms with Gasteiger partial charge in [-0.1, -0.05) is 37.6 Å². The molecule has 1 atom stereocenters. The molecule has 0 spiro atoms. The van der Waals surface area contributed by atoms with Crippen LogP contribution >= 0.6 is 0 Å². The third-order valence-electron chi connectivity index (χ3n) is 6.99. The Morgan fingerprint density at radius 3 is 2.65 bits per heavy atom. The van der Waals surface area contributed by atoms with E-state index in [2.05, 4.69) is 46.5 Å². The predicted molar refractivity (Wildman–Crippen MR) is 137 cm³/mol. The molecule has 4 rings (SSSR count). The predicted octanol–water partition coefficient (Wildman–Crippen LogP) is 4.87. The number of para-hydroxylation sites is 1. The van der Waals surface area contributed by atoms with Crippen molar-refractivity contribution < 1.29 is 14.3 Å². The van der Waals surface area contributed by atoms with Gasteiger partial charge in [-0.25, -0.2) is 0 Å². The summed E-state index contributed by atoms with van der Waals surface area (Å²) in [6.07, 6.45) is 7.19. The second kappa shape index (κ2) is 11.4. The number of ether oxygens (including phenoxy) is 2. The number of rotatable bonds is 10. The van der Waals surface area contributed by atoms with Crippen LogP contribution in [0.1, 0.15) is 55.2 Å². The molecule has 182 valence electrons. The average Bonchev–Trinajstić information content (AvgIpc) is 3.31. The molecule has 0 aliphatic carbocycles. The molecule has 6 heteroatoms. The van der Waals surface area contributed by atoms with Gasteiger partial charge in [0.1, 0.15) is 11.5 Å². The standard InChI is InChI=1S/C28H37N3O3/c1-4-20-9-8-10-23-25(19-30-28(20)23)24(22-12-11-21(33-2)17-26(22)34-3)18-27(32)29-13-16-31-14-6-5-7-15-31/h8-12,17,19,24,30H,4-7,13-16,18H2,1-3H3,(H,29,32). The number of hydrogen-bond donors (Lipinski definition) is 2. The number of likely N-dealkylation sites (tertiary alicyclic amines) is 1. The van der Waals surface area contributed by atoms with Gasteiger partial charge < -0.3 is 24.7 Å². The van der Waals surface area contributed by atoms with Gasteiger partial charge in [0.2, 0.25) is 5.91 Å². The molecule has 1 unspecified atom stereocenters. The summed E-state index contributed by atoms with van der Waals surface area (Å²) in [5, 5.41) is 4.32. The zero-order valence-corrected chi connectivity index (χ0v) is 20.7. The van der Waals surface area contributed by atoms with Gasteiger partial charge in [-0.2, -0.15) is 0 Å². The number of aryl methyl sites for hydroxylation is 1. The molecular weight excluding hydrogens is 426 g/mol. The fraction of sp³-hybridized carbons (Fsp3) is 0.464. The molecular formula is C28H37N3O3. The van der Waals surface area contributed by atoms with Crippen LogP contribution in [-0.2, 0) is 11.2 Å². The van der Waals surface area contributed by atoms with Crippen molar-refractivity contribution in [3.8, 4) is 11.5 Å². The quantitative estimate of drug-likeness (QED) is 0.450. The first-order chi connectivity index (χ1) is 16.6. The van der Waals surface area contributed by atoms with Crippen molar-refractivity contribution >= 4 is 16.8 Å². The summed E-state index contributed by atoms with van der Waals surface area (Å²) in [5.74, 6) is 1.38. The van der Waals surface area contributed by atoms with Crippen LogP contribution in [0.5, 0.6) is 11.5 Å². The normalized spacial score (nSPS) is 15.3. The number of carbonyl (C=O) groups excluding carboxylic acids is 1. The summed E-state index contributed by atoms with van der Waals surface area (Å²) in [7, 11) is 3.31. The lowest BCUT2D eigenvalue weighted by Gasteiger charge is -2.26. The van der Waals surface area contributed by atoms with Crippen LogP contribution in [0.4, 0.5) is 0 Å². The van der Waals surface area contributed by atoms with E-state index in [0.29, 0.717) is 13.0 Å². The highest BCUT2D eigenvalue weighted by molar-refractivity contribution is 5.88. The van der Waals surface area contributed by atoms with Crippen molar-refractivity contribution in [2.45, 2.75) is 44.9 Å². The molecule has 0 bridgehead atoms. The molecule has 0 saturated carbocycles. The van der Waals surface area contributed by atoms with Crippen LogP contribution in [0.15, 0.2) is 42.6 Å². The van der Waals surface area contributed by atoms with Crippen molar-refractivity contribution in [3.05, 3.63) is 59.3 Å². The van der Waals surface area contributed by atoms with E-state index in [1.54, 1.807) is 14.2 Å². The van der Waals surface area contributed by atoms with E-state index in [0.717, 1.165) is 59.6 Å². The second-order valence-electron chi connectivity index (χ2n) is 9.05. The number of aromatic nitrogens is 1. The molecule has 3 aromatic rings. The van der Waals surface area contributed by atoms with E-state index in [1.807, 2.05) is 18.2 Å². The summed E-state index contributed by atoms with van der Waals surface area (Å²) >= 11 is 0. The lowest BCUT2D eigenvalue weighted by Crippen LogP contribution is -2.38. The molecule has 1 aromatic heterocycles. The largest absolute Gasteiger partial charge is 0.497 e. The molecule has 0 radical (unpaired) electrons. The zero-order valence-electron chi connectivity index (χ0n) is 20.7. The Balaban J connectivity index is 1.61. The van der Waals surface area contributed by atoms with Gasteiger partial charge in [0.15, 0.2) is 0 Å². The summed E-state index contributed by atoms with van der Waals surface area (Å²) in [5.41, 5.74) is 4.51. The SMILES string of the molecule is CCc1cccc2c(C(CC(=O)NCCN3CCCCC3)c3ccc(OC)cc3OC)c[nH]c12. The van der Waals surface area contributed by atoms with Gasteiger partial charge in [0, 0.05) is 54.2 Å². The summed E-state index contributed by atoms with van der Waals surface area (Å²) < 4.78 is 11.1. The number of benzene rings is 2. The van der Waals surface area contributed by atoms with Crippen molar-refractivity contribution in [1.82, 2.24) is 15.2 Å². The van der Waals surface area contributed by atoms with Crippen molar-refractivity contribution in [2.24, 2.45) is 0 Å². The highest BCUT2D eigenvalue weighted by Gasteiger charge is 2.25. The van der Waals surface area contributed by atoms with E-state index >= 15 is 0 Å². The Morgan fingerprint density at radius 2 is 1.91 bits per heavy atom. The van der Waals surface area contributed by atoms with Crippen LogP contribution in [0.3, 0.4) is 0 Å². The maximum absolute atomic E-state index is 13.1. The van der Waals surface area contributed by atoms with Crippen LogP contribution in [-0.4, -0.2) is 56.2 Å². The van der Waals surface area contributed by atoms with Gasteiger partial charge in [-0.15, -0.1) is 0 Å². The highest BCUT2D eigenvalue weighted by Crippen LogP contribution is 2.39. The number of nitrogens with zero attached hydrogens (tertiary/aromatic N) is 1. The van der Waals surface area contributed by atoms with Crippen LogP contribution < -0.4 is 14.8 Å². The molecule has 1 amide bonds. The maximum atomic E-state index is 13.1. The molecule has 34 heavy (non-hydrogen) atoms. The minimum absolute atomic E-state index is 0.0564. The minimum atomic E-state index is -0.142. The van der Waals surface area contributed by atoms with Crippen molar-refractivity contribution in [1.29, 1.82) is 0 Å². The third-order valence-corrected chi connectivity index (χ3v) is 6.99. The van der Waals surface area contributed by atoms with Gasteiger partial charge in [0.25, 0.3) is 0 Å². The Labute approximate surface area is 202 Å². The topological polar surface area (TPSA) is 66.6 Å². The van der Waals surface area contributed by atoms with E-state index in [-0.39, 0.29) is 11.8 Å². The Bertz CT molecular complexity index is 1100. The molecule has 2 heterocycles. The van der Waals surface area contributed by atoms with Crippen LogP contribution in [0.25, 0.3) is 10.9 Å². The van der Waals surface area contributed by atoms with Crippen LogP contribution in [0.2, 0.25) is 0 Å². The van der Waals surface area contributed by atoms with E-state index in [1.165, 1.54) is 24.8 Å². The number of methoxy groups -OCH3 is 2. The number of carbonyl (C=O) groups is 1. The number of piperidine rings is 1. The van der Waals surface area contributed by atoms with Crippen molar-refractivity contribution in [2.75, 3.05) is 40.4 Å². The molecule has 2 N–H and O–H groups in total. The monoisotopic (exact) mass is 463 g/mol. The number of H-pyrrole nitrogens is 1. The highest BCUT2D eigenvalue weighted by atomic mass is 16.5. The molecule has 1 saturated heterocycles. The summed E-state index contributed by atoms with van der Waals surface area (Å²) in [6, 6.07) is 12.2. The molecule has 1 aliphatic rings. The average molecular weight is 464 g/mol. The fourth-order valence-corrected chi connectivity index (χ4v) is 5.11. The lowest BCUT2D eigenvalue weighted by molar-refractivity contribution is -0.121.